The number of carbonyl (C=O) groups excluding carboxylic acids is 1. The Morgan fingerprint density at radius 3 is 2.60 bits per heavy atom. The molecule has 2 N–H and O–H groups in total. The van der Waals surface area contributed by atoms with Gasteiger partial charge in [-0.05, 0) is 37.3 Å². The van der Waals surface area contributed by atoms with Gasteiger partial charge in [0.15, 0.2) is 0 Å². The number of piperidine rings is 1. The van der Waals surface area contributed by atoms with E-state index in [4.69, 9.17) is 10.7 Å². The number of hydrogen-bond acceptors (Lipinski definition) is 3. The van der Waals surface area contributed by atoms with E-state index in [-0.39, 0.29) is 11.9 Å². The second kappa shape index (κ2) is 7.56. The highest BCUT2D eigenvalue weighted by Gasteiger charge is 2.28. The van der Waals surface area contributed by atoms with Gasteiger partial charge in [-0.3, -0.25) is 4.79 Å². The number of carbonyl (C=O) groups is 1. The molecule has 1 atom stereocenters. The third-order valence-corrected chi connectivity index (χ3v) is 5.17. The van der Waals surface area contributed by atoms with Gasteiger partial charge in [0.1, 0.15) is 5.82 Å². The van der Waals surface area contributed by atoms with Crippen LogP contribution in [0, 0.1) is 5.92 Å². The molecule has 1 saturated heterocycles. The van der Waals surface area contributed by atoms with E-state index < -0.39 is 0 Å². The molecule has 1 aromatic carbocycles. The number of aryl methyl sites for hydroxylation is 1. The van der Waals surface area contributed by atoms with Crippen molar-refractivity contribution >= 4 is 16.9 Å². The summed E-state index contributed by atoms with van der Waals surface area (Å²) in [6.45, 7) is 7.93. The number of fused-ring (bicyclic) bond motifs is 1. The van der Waals surface area contributed by atoms with Gasteiger partial charge in [0.2, 0.25) is 5.91 Å². The number of para-hydroxylation sites is 2. The minimum atomic E-state index is -0.364. The molecule has 1 aliphatic heterocycles. The highest BCUT2D eigenvalue weighted by Crippen LogP contribution is 2.29. The molecule has 5 heteroatoms. The summed E-state index contributed by atoms with van der Waals surface area (Å²) in [4.78, 5) is 19.3. The first-order valence-corrected chi connectivity index (χ1v) is 9.51. The van der Waals surface area contributed by atoms with Crippen LogP contribution in [0.4, 0.5) is 0 Å². The van der Waals surface area contributed by atoms with Gasteiger partial charge in [0.05, 0.1) is 17.1 Å². The number of rotatable bonds is 5. The minimum Gasteiger partial charge on any atom is -0.341 e. The Hall–Kier alpha value is -1.88. The average molecular weight is 342 g/mol. The molecule has 0 aliphatic carbocycles. The van der Waals surface area contributed by atoms with E-state index in [9.17, 15) is 4.79 Å². The zero-order valence-electron chi connectivity index (χ0n) is 15.6. The van der Waals surface area contributed by atoms with Crippen LogP contribution in [0.1, 0.15) is 51.9 Å². The molecule has 3 rings (SSSR count). The van der Waals surface area contributed by atoms with E-state index in [2.05, 4.69) is 43.5 Å². The molecule has 5 nitrogen and oxygen atoms in total. The molecule has 1 amide bonds. The van der Waals surface area contributed by atoms with Crippen LogP contribution in [-0.2, 0) is 11.2 Å². The number of amides is 1. The van der Waals surface area contributed by atoms with Crippen LogP contribution in [0.15, 0.2) is 24.3 Å². The first-order valence-electron chi connectivity index (χ1n) is 9.51. The summed E-state index contributed by atoms with van der Waals surface area (Å²) in [7, 11) is 0. The quantitative estimate of drug-likeness (QED) is 0.908. The molecular formula is C20H30N4O. The summed E-state index contributed by atoms with van der Waals surface area (Å²) < 4.78 is 2.39. The van der Waals surface area contributed by atoms with E-state index in [1.54, 1.807) is 0 Å². The summed E-state index contributed by atoms with van der Waals surface area (Å²) in [6.07, 6.45) is 3.61. The number of imidazole rings is 1. The van der Waals surface area contributed by atoms with Crippen LogP contribution in [0.2, 0.25) is 0 Å². The van der Waals surface area contributed by atoms with Gasteiger partial charge in [-0.15, -0.1) is 0 Å². The predicted molar refractivity (Wildman–Crippen MR) is 101 cm³/mol. The summed E-state index contributed by atoms with van der Waals surface area (Å²) in [5.74, 6) is 1.70. The first kappa shape index (κ1) is 17.9. The smallest absolute Gasteiger partial charge is 0.239 e. The highest BCUT2D eigenvalue weighted by atomic mass is 16.2. The topological polar surface area (TPSA) is 64.2 Å². The number of likely N-dealkylation sites (tertiary alicyclic amines) is 1. The third-order valence-electron chi connectivity index (χ3n) is 5.17. The van der Waals surface area contributed by atoms with E-state index in [1.807, 2.05) is 11.0 Å². The van der Waals surface area contributed by atoms with E-state index in [1.165, 1.54) is 5.52 Å². The fourth-order valence-electron chi connectivity index (χ4n) is 3.94. The number of nitrogens with zero attached hydrogens (tertiary/aromatic N) is 3. The lowest BCUT2D eigenvalue weighted by Gasteiger charge is -2.35. The fourth-order valence-corrected chi connectivity index (χ4v) is 3.94. The molecule has 0 saturated carbocycles. The van der Waals surface area contributed by atoms with Crippen molar-refractivity contribution in [3.63, 3.8) is 0 Å². The Balaban J connectivity index is 1.72. The molecule has 0 radical (unpaired) electrons. The molecule has 25 heavy (non-hydrogen) atoms. The molecule has 2 heterocycles. The van der Waals surface area contributed by atoms with Crippen molar-refractivity contribution in [2.45, 2.75) is 58.5 Å². The van der Waals surface area contributed by atoms with Crippen molar-refractivity contribution in [3.8, 4) is 0 Å². The largest absolute Gasteiger partial charge is 0.341 e. The molecular weight excluding hydrogens is 312 g/mol. The van der Waals surface area contributed by atoms with E-state index in [0.717, 1.165) is 50.1 Å². The van der Waals surface area contributed by atoms with Crippen LogP contribution in [0.5, 0.6) is 0 Å². The molecule has 1 aliphatic rings. The highest BCUT2D eigenvalue weighted by molar-refractivity contribution is 5.81. The van der Waals surface area contributed by atoms with Crippen molar-refractivity contribution in [3.05, 3.63) is 30.1 Å². The third kappa shape index (κ3) is 3.71. The zero-order chi connectivity index (χ0) is 18.0. The first-order chi connectivity index (χ1) is 12.0. The number of hydrogen-bond donors (Lipinski definition) is 1. The Labute approximate surface area is 150 Å². The maximum Gasteiger partial charge on any atom is 0.239 e. The van der Waals surface area contributed by atoms with Crippen molar-refractivity contribution in [2.24, 2.45) is 11.7 Å². The summed E-state index contributed by atoms with van der Waals surface area (Å²) in [6, 6.07) is 8.39. The molecule has 0 bridgehead atoms. The summed E-state index contributed by atoms with van der Waals surface area (Å²) >= 11 is 0. The lowest BCUT2D eigenvalue weighted by molar-refractivity contribution is -0.134. The lowest BCUT2D eigenvalue weighted by atomic mass is 10.00. The van der Waals surface area contributed by atoms with Crippen molar-refractivity contribution in [1.82, 2.24) is 14.5 Å². The monoisotopic (exact) mass is 342 g/mol. The standard InChI is InChI=1S/C20H30N4O/c1-4-19-22-17-7-5-6-8-18(17)24(19)15-9-11-23(12-10-15)20(25)16(21)13-14(2)3/h5-8,14-16H,4,9-13,21H2,1-3H3/t16-/m0/s1. The molecule has 2 aromatic rings. The molecule has 136 valence electrons. The lowest BCUT2D eigenvalue weighted by Crippen LogP contribution is -2.47. The molecule has 1 aromatic heterocycles. The maximum atomic E-state index is 12.5. The molecule has 0 spiro atoms. The Bertz CT molecular complexity index is 728. The zero-order valence-corrected chi connectivity index (χ0v) is 15.6. The average Bonchev–Trinajstić information content (AvgIpc) is 2.99. The van der Waals surface area contributed by atoms with Crippen LogP contribution in [0.25, 0.3) is 11.0 Å². The van der Waals surface area contributed by atoms with Crippen molar-refractivity contribution in [1.29, 1.82) is 0 Å². The molecule has 1 fully saturated rings. The van der Waals surface area contributed by atoms with Crippen LogP contribution in [-0.4, -0.2) is 39.5 Å². The normalized spacial score (nSPS) is 17.4. The predicted octanol–water partition coefficient (Wildman–Crippen LogP) is 3.14. The number of nitrogens with two attached hydrogens (primary N) is 1. The van der Waals surface area contributed by atoms with Gasteiger partial charge < -0.3 is 15.2 Å². The fraction of sp³-hybridized carbons (Fsp3) is 0.600. The van der Waals surface area contributed by atoms with Gasteiger partial charge in [-0.25, -0.2) is 4.98 Å². The van der Waals surface area contributed by atoms with Gasteiger partial charge in [-0.2, -0.15) is 0 Å². The Kier molecular flexibility index (Phi) is 5.42. The Morgan fingerprint density at radius 1 is 1.28 bits per heavy atom. The maximum absolute atomic E-state index is 12.5. The van der Waals surface area contributed by atoms with Crippen LogP contribution >= 0.6 is 0 Å². The van der Waals surface area contributed by atoms with Crippen molar-refractivity contribution in [2.75, 3.05) is 13.1 Å². The van der Waals surface area contributed by atoms with Gasteiger partial charge in [-0.1, -0.05) is 32.9 Å². The van der Waals surface area contributed by atoms with E-state index in [0.29, 0.717) is 12.0 Å². The SMILES string of the molecule is CCc1nc2ccccc2n1C1CCN(C(=O)[C@@H](N)CC(C)C)CC1. The second-order valence-corrected chi connectivity index (χ2v) is 7.53. The van der Waals surface area contributed by atoms with Gasteiger partial charge in [0.25, 0.3) is 0 Å². The summed E-state index contributed by atoms with van der Waals surface area (Å²) in [5, 5.41) is 0. The second-order valence-electron chi connectivity index (χ2n) is 7.53. The Morgan fingerprint density at radius 2 is 1.96 bits per heavy atom. The van der Waals surface area contributed by atoms with Crippen LogP contribution < -0.4 is 5.73 Å². The van der Waals surface area contributed by atoms with Crippen LogP contribution in [0.3, 0.4) is 0 Å². The van der Waals surface area contributed by atoms with Gasteiger partial charge in [0, 0.05) is 25.6 Å². The number of benzene rings is 1. The van der Waals surface area contributed by atoms with Gasteiger partial charge >= 0.3 is 0 Å². The van der Waals surface area contributed by atoms with Crippen molar-refractivity contribution < 1.29 is 4.79 Å². The summed E-state index contributed by atoms with van der Waals surface area (Å²) in [5.41, 5.74) is 8.37. The molecule has 0 unspecified atom stereocenters. The minimum absolute atomic E-state index is 0.110. The van der Waals surface area contributed by atoms with E-state index >= 15 is 0 Å². The number of aromatic nitrogens is 2.